The van der Waals surface area contributed by atoms with Gasteiger partial charge in [-0.3, -0.25) is 0 Å². The lowest BCUT2D eigenvalue weighted by Gasteiger charge is -2.13. The lowest BCUT2D eigenvalue weighted by molar-refractivity contribution is 0.202. The maximum absolute atomic E-state index is 12.1. The van der Waals surface area contributed by atoms with Crippen LogP contribution in [-0.2, 0) is 9.84 Å². The van der Waals surface area contributed by atoms with Crippen molar-refractivity contribution in [2.24, 2.45) is 0 Å². The standard InChI is InChI=1S/C14H13ClO3S/c15-13-9-5-4-8-12(13)14(16)10-19(17,18)11-6-2-1-3-7-11/h1-9,14,16H,10H2/t14-/m0/s1. The molecule has 1 N–H and O–H groups in total. The van der Waals surface area contributed by atoms with Gasteiger partial charge >= 0.3 is 0 Å². The number of rotatable bonds is 4. The van der Waals surface area contributed by atoms with Crippen molar-refractivity contribution in [1.82, 2.24) is 0 Å². The molecule has 0 amide bonds. The highest BCUT2D eigenvalue weighted by atomic mass is 35.5. The van der Waals surface area contributed by atoms with Gasteiger partial charge in [-0.05, 0) is 18.2 Å². The van der Waals surface area contributed by atoms with E-state index < -0.39 is 15.9 Å². The smallest absolute Gasteiger partial charge is 0.181 e. The Hall–Kier alpha value is -1.36. The monoisotopic (exact) mass is 296 g/mol. The molecular weight excluding hydrogens is 284 g/mol. The molecule has 100 valence electrons. The molecule has 0 bridgehead atoms. The van der Waals surface area contributed by atoms with Crippen LogP contribution in [0, 0.1) is 0 Å². The molecule has 0 aromatic heterocycles. The molecule has 0 saturated carbocycles. The summed E-state index contributed by atoms with van der Waals surface area (Å²) < 4.78 is 24.2. The highest BCUT2D eigenvalue weighted by Gasteiger charge is 2.21. The van der Waals surface area contributed by atoms with Gasteiger partial charge in [-0.2, -0.15) is 0 Å². The molecule has 0 fully saturated rings. The molecule has 0 unspecified atom stereocenters. The van der Waals surface area contributed by atoms with E-state index in [2.05, 4.69) is 0 Å². The molecule has 0 radical (unpaired) electrons. The van der Waals surface area contributed by atoms with Crippen molar-refractivity contribution in [1.29, 1.82) is 0 Å². The fourth-order valence-electron chi connectivity index (χ4n) is 1.77. The summed E-state index contributed by atoms with van der Waals surface area (Å²) >= 11 is 5.94. The number of sulfone groups is 1. The molecule has 1 atom stereocenters. The fraction of sp³-hybridized carbons (Fsp3) is 0.143. The van der Waals surface area contributed by atoms with Gasteiger partial charge in [-0.25, -0.2) is 8.42 Å². The first-order valence-electron chi connectivity index (χ1n) is 5.71. The van der Waals surface area contributed by atoms with Crippen LogP contribution < -0.4 is 0 Å². The van der Waals surface area contributed by atoms with Crippen LogP contribution in [-0.4, -0.2) is 19.3 Å². The topological polar surface area (TPSA) is 54.4 Å². The van der Waals surface area contributed by atoms with Gasteiger partial charge in [-0.1, -0.05) is 48.0 Å². The third-order valence-electron chi connectivity index (χ3n) is 2.74. The molecular formula is C14H13ClO3S. The van der Waals surface area contributed by atoms with Gasteiger partial charge in [0.2, 0.25) is 0 Å². The number of aliphatic hydroxyl groups is 1. The molecule has 3 nitrogen and oxygen atoms in total. The Kier molecular flexibility index (Phi) is 4.24. The first kappa shape index (κ1) is 14.1. The Morgan fingerprint density at radius 3 is 2.21 bits per heavy atom. The van der Waals surface area contributed by atoms with E-state index in [0.717, 1.165) is 0 Å². The van der Waals surface area contributed by atoms with Crippen molar-refractivity contribution in [2.45, 2.75) is 11.0 Å². The van der Waals surface area contributed by atoms with Crippen LogP contribution in [0.1, 0.15) is 11.7 Å². The molecule has 0 aliphatic rings. The van der Waals surface area contributed by atoms with E-state index >= 15 is 0 Å². The summed E-state index contributed by atoms with van der Waals surface area (Å²) in [6.45, 7) is 0. The van der Waals surface area contributed by atoms with Gasteiger partial charge in [0.25, 0.3) is 0 Å². The Morgan fingerprint density at radius 2 is 1.58 bits per heavy atom. The summed E-state index contributed by atoms with van der Waals surface area (Å²) in [5, 5.41) is 10.4. The minimum atomic E-state index is -3.53. The number of halogens is 1. The van der Waals surface area contributed by atoms with Crippen molar-refractivity contribution < 1.29 is 13.5 Å². The molecule has 0 saturated heterocycles. The van der Waals surface area contributed by atoms with E-state index in [1.807, 2.05) is 0 Å². The van der Waals surface area contributed by atoms with Gasteiger partial charge < -0.3 is 5.11 Å². The number of aliphatic hydroxyl groups excluding tert-OH is 1. The van der Waals surface area contributed by atoms with Crippen LogP contribution in [0.2, 0.25) is 5.02 Å². The Balaban J connectivity index is 2.24. The third kappa shape index (κ3) is 3.35. The van der Waals surface area contributed by atoms with Crippen LogP contribution in [0.15, 0.2) is 59.5 Å². The average molecular weight is 297 g/mol. The second-order valence-electron chi connectivity index (χ2n) is 4.13. The molecule has 19 heavy (non-hydrogen) atoms. The lowest BCUT2D eigenvalue weighted by Crippen LogP contribution is -2.15. The second-order valence-corrected chi connectivity index (χ2v) is 6.57. The van der Waals surface area contributed by atoms with Gasteiger partial charge in [0.15, 0.2) is 9.84 Å². The quantitative estimate of drug-likeness (QED) is 0.944. The van der Waals surface area contributed by atoms with E-state index in [1.54, 1.807) is 42.5 Å². The summed E-state index contributed by atoms with van der Waals surface area (Å²) in [4.78, 5) is 0.195. The van der Waals surface area contributed by atoms with Crippen molar-refractivity contribution >= 4 is 21.4 Å². The van der Waals surface area contributed by atoms with Gasteiger partial charge in [-0.15, -0.1) is 0 Å². The van der Waals surface area contributed by atoms with E-state index in [1.165, 1.54) is 12.1 Å². The molecule has 2 aromatic rings. The summed E-state index contributed by atoms with van der Waals surface area (Å²) in [7, 11) is -3.53. The predicted molar refractivity (Wildman–Crippen MR) is 74.9 cm³/mol. The Labute approximate surface area is 117 Å². The zero-order chi connectivity index (χ0) is 13.9. The SMILES string of the molecule is O=S(=O)(C[C@H](O)c1ccccc1Cl)c1ccccc1. The summed E-state index contributed by atoms with van der Waals surface area (Å²) in [5.41, 5.74) is 0.420. The molecule has 0 aliphatic carbocycles. The maximum atomic E-state index is 12.1. The second kappa shape index (κ2) is 5.74. The minimum Gasteiger partial charge on any atom is -0.387 e. The number of hydrogen-bond donors (Lipinski definition) is 1. The molecule has 2 rings (SSSR count). The Morgan fingerprint density at radius 1 is 1.00 bits per heavy atom. The van der Waals surface area contributed by atoms with Crippen LogP contribution in [0.3, 0.4) is 0 Å². The molecule has 2 aromatic carbocycles. The molecule has 0 aliphatic heterocycles. The van der Waals surface area contributed by atoms with Gasteiger partial charge in [0.05, 0.1) is 16.8 Å². The summed E-state index contributed by atoms with van der Waals surface area (Å²) in [5.74, 6) is -0.388. The third-order valence-corrected chi connectivity index (χ3v) is 4.83. The van der Waals surface area contributed by atoms with Crippen molar-refractivity contribution in [2.75, 3.05) is 5.75 Å². The highest BCUT2D eigenvalue weighted by molar-refractivity contribution is 7.91. The largest absolute Gasteiger partial charge is 0.387 e. The summed E-state index contributed by atoms with van der Waals surface area (Å²) in [6, 6.07) is 14.7. The van der Waals surface area contributed by atoms with E-state index in [4.69, 9.17) is 11.6 Å². The van der Waals surface area contributed by atoms with E-state index in [9.17, 15) is 13.5 Å². The van der Waals surface area contributed by atoms with Crippen LogP contribution in [0.5, 0.6) is 0 Å². The lowest BCUT2D eigenvalue weighted by atomic mass is 10.1. The van der Waals surface area contributed by atoms with Gasteiger partial charge in [0, 0.05) is 10.6 Å². The van der Waals surface area contributed by atoms with Crippen LogP contribution in [0.25, 0.3) is 0 Å². The zero-order valence-electron chi connectivity index (χ0n) is 10.0. The number of hydrogen-bond acceptors (Lipinski definition) is 3. The van der Waals surface area contributed by atoms with Crippen molar-refractivity contribution in [3.8, 4) is 0 Å². The van der Waals surface area contributed by atoms with Gasteiger partial charge in [0.1, 0.15) is 0 Å². The molecule has 5 heteroatoms. The highest BCUT2D eigenvalue weighted by Crippen LogP contribution is 2.25. The fourth-order valence-corrected chi connectivity index (χ4v) is 3.39. The first-order valence-corrected chi connectivity index (χ1v) is 7.74. The average Bonchev–Trinajstić information content (AvgIpc) is 2.39. The zero-order valence-corrected chi connectivity index (χ0v) is 11.6. The van der Waals surface area contributed by atoms with Crippen molar-refractivity contribution in [3.05, 3.63) is 65.2 Å². The van der Waals surface area contributed by atoms with Crippen molar-refractivity contribution in [3.63, 3.8) is 0 Å². The maximum Gasteiger partial charge on any atom is 0.181 e. The van der Waals surface area contributed by atoms with Crippen LogP contribution in [0.4, 0.5) is 0 Å². The van der Waals surface area contributed by atoms with E-state index in [0.29, 0.717) is 10.6 Å². The van der Waals surface area contributed by atoms with E-state index in [-0.39, 0.29) is 10.6 Å². The summed E-state index contributed by atoms with van der Waals surface area (Å²) in [6.07, 6.45) is -1.14. The molecule has 0 spiro atoms. The Bertz CT molecular complexity index is 653. The van der Waals surface area contributed by atoms with Crippen LogP contribution >= 0.6 is 11.6 Å². The number of benzene rings is 2. The predicted octanol–water partition coefficient (Wildman–Crippen LogP) is 2.85. The molecule has 0 heterocycles. The minimum absolute atomic E-state index is 0.195. The first-order chi connectivity index (χ1) is 9.00. The normalized spacial score (nSPS) is 13.2.